The van der Waals surface area contributed by atoms with Gasteiger partial charge in [-0.15, -0.1) is 0 Å². The Morgan fingerprint density at radius 2 is 1.65 bits per heavy atom. The zero-order valence-electron chi connectivity index (χ0n) is 19.2. The number of hydrogen-bond donors (Lipinski definition) is 1. The van der Waals surface area contributed by atoms with Crippen molar-refractivity contribution in [2.45, 2.75) is 6.92 Å². The lowest BCUT2D eigenvalue weighted by atomic mass is 10.1. The van der Waals surface area contributed by atoms with Gasteiger partial charge in [-0.3, -0.25) is 25.0 Å². The molecule has 0 heterocycles. The zero-order chi connectivity index (χ0) is 27.3. The Kier molecular flexibility index (Phi) is 8.59. The molecule has 0 atom stereocenters. The minimum atomic E-state index is -0.808. The number of rotatable bonds is 8. The van der Waals surface area contributed by atoms with Crippen molar-refractivity contribution in [2.75, 3.05) is 12.4 Å². The van der Waals surface area contributed by atoms with Gasteiger partial charge in [-0.2, -0.15) is 5.26 Å². The summed E-state index contributed by atoms with van der Waals surface area (Å²) in [6.07, 6.45) is 1.31. The number of nitriles is 1. The number of aryl methyl sites for hydroxylation is 1. The Balaban J connectivity index is 1.96. The van der Waals surface area contributed by atoms with E-state index < -0.39 is 27.1 Å². The highest BCUT2D eigenvalue weighted by Gasteiger charge is 2.22. The molecule has 3 rings (SSSR count). The molecule has 0 fully saturated rings. The lowest BCUT2D eigenvalue weighted by Gasteiger charge is -2.12. The summed E-state index contributed by atoms with van der Waals surface area (Å²) in [5.41, 5.74) is 0.432. The number of hydrogen-bond acceptors (Lipinski definition) is 8. The van der Waals surface area contributed by atoms with Crippen LogP contribution in [0.2, 0.25) is 0 Å². The molecule has 13 heteroatoms. The van der Waals surface area contributed by atoms with E-state index in [0.717, 1.165) is 23.8 Å². The van der Waals surface area contributed by atoms with E-state index in [2.05, 4.69) is 37.2 Å². The summed E-state index contributed by atoms with van der Waals surface area (Å²) in [4.78, 5) is 33.7. The van der Waals surface area contributed by atoms with E-state index in [9.17, 15) is 30.3 Å². The molecular weight excluding hydrogens is 616 g/mol. The molecule has 0 aromatic heterocycles. The highest BCUT2D eigenvalue weighted by molar-refractivity contribution is 9.11. The maximum atomic E-state index is 12.8. The fraction of sp³-hybridized carbons (Fsp3) is 0.0833. The van der Waals surface area contributed by atoms with E-state index in [1.54, 1.807) is 18.2 Å². The molecule has 0 radical (unpaired) electrons. The van der Waals surface area contributed by atoms with E-state index in [1.165, 1.54) is 25.3 Å². The lowest BCUT2D eigenvalue weighted by Crippen LogP contribution is -2.14. The summed E-state index contributed by atoms with van der Waals surface area (Å²) in [6.45, 7) is 1.89. The average Bonchev–Trinajstić information content (AvgIpc) is 2.84. The van der Waals surface area contributed by atoms with Crippen LogP contribution in [0.15, 0.2) is 63.0 Å². The standard InChI is InChI=1S/C24H16Br2N4O7/c1-13-7-17(25)23(18(26)8-13)28-24(31)15(12-27)9-14-3-5-21(36-2)22(10-14)37-20-6-4-16(29(32)33)11-19(20)30(34)35/h3-11H,1-2H3,(H,28,31)/b15-9+. The minimum Gasteiger partial charge on any atom is -0.493 e. The Morgan fingerprint density at radius 1 is 1.00 bits per heavy atom. The molecule has 0 aliphatic rings. The van der Waals surface area contributed by atoms with E-state index in [4.69, 9.17) is 9.47 Å². The van der Waals surface area contributed by atoms with Gasteiger partial charge in [0.2, 0.25) is 5.75 Å². The molecule has 3 aromatic rings. The van der Waals surface area contributed by atoms with Crippen molar-refractivity contribution < 1.29 is 24.1 Å². The maximum absolute atomic E-state index is 12.8. The second-order valence-corrected chi connectivity index (χ2v) is 9.11. The molecule has 1 amide bonds. The number of amides is 1. The number of anilines is 1. The summed E-state index contributed by atoms with van der Waals surface area (Å²) < 4.78 is 12.2. The van der Waals surface area contributed by atoms with Gasteiger partial charge in [0, 0.05) is 15.0 Å². The predicted octanol–water partition coefficient (Wildman–Crippen LogP) is 6.68. The zero-order valence-corrected chi connectivity index (χ0v) is 22.3. The van der Waals surface area contributed by atoms with Crippen LogP contribution < -0.4 is 14.8 Å². The van der Waals surface area contributed by atoms with Gasteiger partial charge < -0.3 is 14.8 Å². The molecule has 188 valence electrons. The highest BCUT2D eigenvalue weighted by Crippen LogP contribution is 2.39. The molecule has 0 unspecified atom stereocenters. The van der Waals surface area contributed by atoms with Crippen LogP contribution in [0.3, 0.4) is 0 Å². The van der Waals surface area contributed by atoms with Crippen LogP contribution in [-0.2, 0) is 4.79 Å². The molecule has 0 saturated heterocycles. The number of non-ortho nitro benzene ring substituents is 1. The molecule has 0 saturated carbocycles. The molecule has 0 aliphatic carbocycles. The second kappa shape index (κ2) is 11.6. The Hall–Kier alpha value is -4.28. The normalized spacial score (nSPS) is 10.8. The van der Waals surface area contributed by atoms with Crippen molar-refractivity contribution in [1.29, 1.82) is 5.26 Å². The number of carbonyl (C=O) groups is 1. The van der Waals surface area contributed by atoms with Crippen LogP contribution in [0.4, 0.5) is 17.1 Å². The summed E-state index contributed by atoms with van der Waals surface area (Å²) in [6, 6.07) is 12.9. The van der Waals surface area contributed by atoms with Crippen LogP contribution in [0.5, 0.6) is 17.2 Å². The number of benzene rings is 3. The first-order valence-electron chi connectivity index (χ1n) is 10.2. The number of nitro groups is 2. The number of halogens is 2. The van der Waals surface area contributed by atoms with E-state index in [0.29, 0.717) is 20.2 Å². The fourth-order valence-electron chi connectivity index (χ4n) is 3.15. The topological polar surface area (TPSA) is 158 Å². The monoisotopic (exact) mass is 630 g/mol. The molecule has 3 aromatic carbocycles. The van der Waals surface area contributed by atoms with Crippen molar-refractivity contribution in [3.05, 3.63) is 94.4 Å². The summed E-state index contributed by atoms with van der Waals surface area (Å²) in [5.74, 6) is -0.713. The molecule has 0 bridgehead atoms. The van der Waals surface area contributed by atoms with Gasteiger partial charge in [0.15, 0.2) is 11.5 Å². The van der Waals surface area contributed by atoms with Crippen molar-refractivity contribution in [3.63, 3.8) is 0 Å². The first-order chi connectivity index (χ1) is 17.5. The third kappa shape index (κ3) is 6.49. The van der Waals surface area contributed by atoms with Crippen LogP contribution in [0.25, 0.3) is 6.08 Å². The Labute approximate surface area is 226 Å². The number of nitrogens with zero attached hydrogens (tertiary/aromatic N) is 3. The van der Waals surface area contributed by atoms with Crippen LogP contribution in [0.1, 0.15) is 11.1 Å². The summed E-state index contributed by atoms with van der Waals surface area (Å²) in [5, 5.41) is 34.7. The van der Waals surface area contributed by atoms with E-state index >= 15 is 0 Å². The molecule has 1 N–H and O–H groups in total. The second-order valence-electron chi connectivity index (χ2n) is 7.41. The molecule has 0 spiro atoms. The number of methoxy groups -OCH3 is 1. The molecule has 37 heavy (non-hydrogen) atoms. The van der Waals surface area contributed by atoms with Gasteiger partial charge in [-0.25, -0.2) is 0 Å². The SMILES string of the molecule is COc1ccc(/C=C(\C#N)C(=O)Nc2c(Br)cc(C)cc2Br)cc1Oc1ccc([N+](=O)[O-])cc1[N+](=O)[O-]. The van der Waals surface area contributed by atoms with Gasteiger partial charge in [-0.1, -0.05) is 6.07 Å². The first kappa shape index (κ1) is 27.3. The highest BCUT2D eigenvalue weighted by atomic mass is 79.9. The Morgan fingerprint density at radius 3 is 2.22 bits per heavy atom. The van der Waals surface area contributed by atoms with Crippen molar-refractivity contribution >= 4 is 60.9 Å². The minimum absolute atomic E-state index is 0.0231. The fourth-order valence-corrected chi connectivity index (χ4v) is 4.76. The maximum Gasteiger partial charge on any atom is 0.318 e. The quantitative estimate of drug-likeness (QED) is 0.125. The van der Waals surface area contributed by atoms with Crippen molar-refractivity contribution in [3.8, 4) is 23.3 Å². The predicted molar refractivity (Wildman–Crippen MR) is 142 cm³/mol. The number of nitrogens with one attached hydrogen (secondary N) is 1. The first-order valence-corrected chi connectivity index (χ1v) is 11.8. The van der Waals surface area contributed by atoms with E-state index in [-0.39, 0.29) is 22.8 Å². The van der Waals surface area contributed by atoms with Crippen molar-refractivity contribution in [2.24, 2.45) is 0 Å². The van der Waals surface area contributed by atoms with Gasteiger partial charge in [0.25, 0.3) is 11.6 Å². The van der Waals surface area contributed by atoms with Gasteiger partial charge in [0.05, 0.1) is 28.7 Å². The smallest absolute Gasteiger partial charge is 0.318 e. The average molecular weight is 632 g/mol. The Bertz CT molecular complexity index is 1480. The van der Waals surface area contributed by atoms with E-state index in [1.807, 2.05) is 13.0 Å². The van der Waals surface area contributed by atoms with Crippen LogP contribution in [-0.4, -0.2) is 22.9 Å². The van der Waals surface area contributed by atoms with Gasteiger partial charge >= 0.3 is 5.69 Å². The summed E-state index contributed by atoms with van der Waals surface area (Å²) >= 11 is 6.77. The molecule has 0 aliphatic heterocycles. The van der Waals surface area contributed by atoms with Gasteiger partial charge in [0.1, 0.15) is 11.6 Å². The van der Waals surface area contributed by atoms with Crippen LogP contribution >= 0.6 is 31.9 Å². The van der Waals surface area contributed by atoms with Crippen molar-refractivity contribution in [1.82, 2.24) is 0 Å². The number of ether oxygens (including phenoxy) is 2. The third-order valence-corrected chi connectivity index (χ3v) is 6.11. The number of carbonyl (C=O) groups excluding carboxylic acids is 1. The lowest BCUT2D eigenvalue weighted by molar-refractivity contribution is -0.394. The van der Waals surface area contributed by atoms with Gasteiger partial charge in [-0.05, 0) is 86.3 Å². The number of nitro benzene ring substituents is 2. The summed E-state index contributed by atoms with van der Waals surface area (Å²) in [7, 11) is 1.35. The molecule has 11 nitrogen and oxygen atoms in total. The third-order valence-electron chi connectivity index (χ3n) is 4.86. The molecular formula is C24H16Br2N4O7. The largest absolute Gasteiger partial charge is 0.493 e. The van der Waals surface area contributed by atoms with Crippen LogP contribution in [0, 0.1) is 38.5 Å².